The maximum Gasteiger partial charge on any atom is 0.277 e. The molecule has 144 valence electrons. The van der Waals surface area contributed by atoms with E-state index in [0.717, 1.165) is 39.9 Å². The second-order valence-corrected chi connectivity index (χ2v) is 7.75. The molecule has 1 atom stereocenters. The van der Waals surface area contributed by atoms with Crippen LogP contribution in [0.15, 0.2) is 46.7 Å². The van der Waals surface area contributed by atoms with Gasteiger partial charge in [0.05, 0.1) is 5.70 Å². The Bertz CT molecular complexity index is 1030. The second kappa shape index (κ2) is 6.37. The Hall–Kier alpha value is -2.81. The van der Waals surface area contributed by atoms with E-state index in [1.165, 1.54) is 13.8 Å². The van der Waals surface area contributed by atoms with E-state index in [4.69, 9.17) is 0 Å². The van der Waals surface area contributed by atoms with Crippen molar-refractivity contribution in [2.45, 2.75) is 31.6 Å². The molecule has 1 spiro atoms. The average Bonchev–Trinajstić information content (AvgIpc) is 3.16. The van der Waals surface area contributed by atoms with Crippen molar-refractivity contribution < 1.29 is 23.2 Å². The van der Waals surface area contributed by atoms with Crippen LogP contribution in [0, 0.1) is 11.6 Å². The number of hydrogen-bond acceptors (Lipinski definition) is 5. The molecule has 1 aliphatic carbocycles. The van der Waals surface area contributed by atoms with Crippen molar-refractivity contribution >= 4 is 34.5 Å². The summed E-state index contributed by atoms with van der Waals surface area (Å²) in [5, 5.41) is 5.16. The molecule has 6 nitrogen and oxygen atoms in total. The van der Waals surface area contributed by atoms with Crippen molar-refractivity contribution in [3.8, 4) is 0 Å². The van der Waals surface area contributed by atoms with Crippen molar-refractivity contribution in [1.29, 1.82) is 0 Å². The number of halogens is 2. The minimum absolute atomic E-state index is 0.00681. The lowest BCUT2D eigenvalue weighted by Gasteiger charge is -2.31. The summed E-state index contributed by atoms with van der Waals surface area (Å²) < 4.78 is 28.0. The molecule has 2 aliphatic heterocycles. The van der Waals surface area contributed by atoms with Crippen molar-refractivity contribution in [1.82, 2.24) is 9.91 Å². The molecule has 0 saturated heterocycles. The third kappa shape index (κ3) is 2.46. The van der Waals surface area contributed by atoms with E-state index >= 15 is 0 Å². The third-order valence-corrected chi connectivity index (χ3v) is 6.18. The van der Waals surface area contributed by atoms with Crippen LogP contribution in [0.3, 0.4) is 0 Å². The molecular formula is C19H15F2N3O3S. The first-order chi connectivity index (χ1) is 13.3. The number of carbonyl (C=O) groups excluding carboxylic acids is 3. The second-order valence-electron chi connectivity index (χ2n) is 6.57. The van der Waals surface area contributed by atoms with Crippen LogP contribution in [0.1, 0.15) is 32.3 Å². The number of nitrogens with zero attached hydrogens (tertiary/aromatic N) is 3. The zero-order valence-corrected chi connectivity index (χ0v) is 15.8. The fraction of sp³-hybridized carbons (Fsp3) is 0.263. The molecular weight excluding hydrogens is 388 g/mol. The number of benzene rings is 1. The smallest absolute Gasteiger partial charge is 0.274 e. The predicted molar refractivity (Wildman–Crippen MR) is 98.7 cm³/mol. The van der Waals surface area contributed by atoms with Crippen LogP contribution in [0.2, 0.25) is 0 Å². The summed E-state index contributed by atoms with van der Waals surface area (Å²) in [6.07, 6.45) is 4.57. The number of allylic oxidation sites excluding steroid dienone is 2. The average molecular weight is 403 g/mol. The fourth-order valence-electron chi connectivity index (χ4n) is 3.66. The maximum absolute atomic E-state index is 14.3. The lowest BCUT2D eigenvalue weighted by atomic mass is 9.97. The van der Waals surface area contributed by atoms with Crippen LogP contribution in [0.5, 0.6) is 0 Å². The molecule has 3 aliphatic rings. The van der Waals surface area contributed by atoms with Gasteiger partial charge in [0.25, 0.3) is 5.91 Å². The van der Waals surface area contributed by atoms with E-state index in [0.29, 0.717) is 24.1 Å². The Morgan fingerprint density at radius 3 is 2.64 bits per heavy atom. The summed E-state index contributed by atoms with van der Waals surface area (Å²) in [4.78, 5) is 37.3. The molecule has 9 heteroatoms. The molecule has 0 N–H and O–H groups in total. The van der Waals surface area contributed by atoms with Gasteiger partial charge in [-0.05, 0) is 37.1 Å². The van der Waals surface area contributed by atoms with E-state index in [2.05, 4.69) is 5.10 Å². The predicted octanol–water partition coefficient (Wildman–Crippen LogP) is 2.91. The molecule has 0 bridgehead atoms. The largest absolute Gasteiger partial charge is 0.277 e. The number of imide groups is 1. The summed E-state index contributed by atoms with van der Waals surface area (Å²) in [6, 6.07) is 2.91. The van der Waals surface area contributed by atoms with Gasteiger partial charge in [-0.3, -0.25) is 14.4 Å². The van der Waals surface area contributed by atoms with Crippen LogP contribution >= 0.6 is 11.8 Å². The third-order valence-electron chi connectivity index (χ3n) is 4.79. The molecule has 1 aromatic carbocycles. The molecule has 0 fully saturated rings. The molecule has 3 amide bonds. The summed E-state index contributed by atoms with van der Waals surface area (Å²) in [6.45, 7) is 2.50. The van der Waals surface area contributed by atoms with E-state index in [-0.39, 0.29) is 10.6 Å². The van der Waals surface area contributed by atoms with Gasteiger partial charge in [0.15, 0.2) is 0 Å². The first kappa shape index (κ1) is 18.5. The maximum atomic E-state index is 14.3. The number of fused-ring (bicyclic) bond motifs is 1. The van der Waals surface area contributed by atoms with Gasteiger partial charge in [0.1, 0.15) is 16.7 Å². The molecule has 1 aromatic rings. The monoisotopic (exact) mass is 403 g/mol. The van der Waals surface area contributed by atoms with Crippen LogP contribution in [0.25, 0.3) is 0 Å². The Labute approximate surface area is 163 Å². The molecule has 2 heterocycles. The lowest BCUT2D eigenvalue weighted by Crippen LogP contribution is -2.52. The Morgan fingerprint density at radius 2 is 1.96 bits per heavy atom. The first-order valence-electron chi connectivity index (χ1n) is 8.56. The minimum atomic E-state index is -1.61. The number of hydrogen-bond donors (Lipinski definition) is 0. The van der Waals surface area contributed by atoms with Gasteiger partial charge >= 0.3 is 0 Å². The Morgan fingerprint density at radius 1 is 1.21 bits per heavy atom. The summed E-state index contributed by atoms with van der Waals surface area (Å²) >= 11 is 0.861. The SMILES string of the molecule is CC(=O)N1C(=O)C2(SC(c3cc(F)ccc3F)=NN2C(C)=O)C2=C1C=CCC2. The summed E-state index contributed by atoms with van der Waals surface area (Å²) in [7, 11) is 0. The summed E-state index contributed by atoms with van der Waals surface area (Å²) in [5.41, 5.74) is 0.834. The number of rotatable bonds is 1. The van der Waals surface area contributed by atoms with Crippen molar-refractivity contribution in [3.05, 3.63) is 58.8 Å². The number of thioether (sulfide) groups is 1. The topological polar surface area (TPSA) is 70.1 Å². The van der Waals surface area contributed by atoms with Crippen molar-refractivity contribution in [2.75, 3.05) is 0 Å². The van der Waals surface area contributed by atoms with Gasteiger partial charge in [0, 0.05) is 25.0 Å². The molecule has 0 radical (unpaired) electrons. The van der Waals surface area contributed by atoms with Crippen LogP contribution in [-0.2, 0) is 14.4 Å². The number of amides is 3. The number of hydrazone groups is 1. The first-order valence-corrected chi connectivity index (χ1v) is 9.38. The van der Waals surface area contributed by atoms with Gasteiger partial charge in [-0.25, -0.2) is 18.7 Å². The van der Waals surface area contributed by atoms with Gasteiger partial charge in [0.2, 0.25) is 16.7 Å². The lowest BCUT2D eigenvalue weighted by molar-refractivity contribution is -0.147. The summed E-state index contributed by atoms with van der Waals surface area (Å²) in [5.74, 6) is -3.05. The van der Waals surface area contributed by atoms with Gasteiger partial charge in [-0.15, -0.1) is 0 Å². The van der Waals surface area contributed by atoms with Gasteiger partial charge in [-0.1, -0.05) is 17.8 Å². The highest BCUT2D eigenvalue weighted by Gasteiger charge is 2.62. The van der Waals surface area contributed by atoms with Crippen molar-refractivity contribution in [3.63, 3.8) is 0 Å². The van der Waals surface area contributed by atoms with E-state index in [1.807, 2.05) is 6.08 Å². The Balaban J connectivity index is 1.90. The van der Waals surface area contributed by atoms with Gasteiger partial charge in [-0.2, -0.15) is 5.10 Å². The zero-order chi connectivity index (χ0) is 20.2. The quantitative estimate of drug-likeness (QED) is 0.723. The van der Waals surface area contributed by atoms with Crippen LogP contribution < -0.4 is 0 Å². The van der Waals surface area contributed by atoms with Crippen LogP contribution in [-0.4, -0.2) is 37.5 Å². The highest BCUT2D eigenvalue weighted by atomic mass is 32.2. The molecule has 0 aromatic heterocycles. The molecule has 4 rings (SSSR count). The van der Waals surface area contributed by atoms with Crippen molar-refractivity contribution in [2.24, 2.45) is 5.10 Å². The molecule has 28 heavy (non-hydrogen) atoms. The normalized spacial score (nSPS) is 23.6. The highest BCUT2D eigenvalue weighted by molar-refractivity contribution is 8.16. The number of carbonyl (C=O) groups is 3. The van der Waals surface area contributed by atoms with Crippen LogP contribution in [0.4, 0.5) is 8.78 Å². The minimum Gasteiger partial charge on any atom is -0.274 e. The van der Waals surface area contributed by atoms with Gasteiger partial charge < -0.3 is 0 Å². The van der Waals surface area contributed by atoms with E-state index in [1.54, 1.807) is 6.08 Å². The van der Waals surface area contributed by atoms with E-state index in [9.17, 15) is 23.2 Å². The molecule has 0 saturated carbocycles. The zero-order valence-electron chi connectivity index (χ0n) is 15.0. The molecule has 1 unspecified atom stereocenters. The van der Waals surface area contributed by atoms with E-state index < -0.39 is 34.2 Å². The fourth-order valence-corrected chi connectivity index (χ4v) is 5.09. The Kier molecular flexibility index (Phi) is 4.22. The standard InChI is InChI=1S/C19H15F2N3O3S/c1-10(25)23-16-6-4-3-5-14(16)19(18(23)27)24(11(2)26)22-17(28-19)13-9-12(20)7-8-15(13)21/h4,6-9H,3,5H2,1-2H3. The highest BCUT2D eigenvalue weighted by Crippen LogP contribution is 2.53.